The maximum atomic E-state index is 10.8. The molecule has 110 valence electrons. The van der Waals surface area contributed by atoms with Crippen molar-refractivity contribution in [3.05, 3.63) is 62.6 Å². The van der Waals surface area contributed by atoms with Gasteiger partial charge in [0, 0.05) is 27.2 Å². The van der Waals surface area contributed by atoms with Crippen molar-refractivity contribution >= 4 is 21.6 Å². The average molecular weight is 360 g/mol. The Labute approximate surface area is 134 Å². The monoisotopic (exact) mass is 359 g/mol. The van der Waals surface area contributed by atoms with Gasteiger partial charge in [-0.15, -0.1) is 10.2 Å². The highest BCUT2D eigenvalue weighted by Gasteiger charge is 2.15. The second kappa shape index (κ2) is 5.69. The number of nitro benzene ring substituents is 1. The van der Waals surface area contributed by atoms with Gasteiger partial charge in [-0.2, -0.15) is 0 Å². The summed E-state index contributed by atoms with van der Waals surface area (Å²) < 4.78 is 6.60. The summed E-state index contributed by atoms with van der Waals surface area (Å²) in [6.07, 6.45) is 0. The Morgan fingerprint density at radius 2 is 1.64 bits per heavy atom. The molecule has 0 bridgehead atoms. The third-order valence-corrected chi connectivity index (χ3v) is 3.69. The minimum atomic E-state index is -0.416. The Balaban J connectivity index is 1.95. The molecule has 0 atom stereocenters. The van der Waals surface area contributed by atoms with Gasteiger partial charge >= 0.3 is 0 Å². The van der Waals surface area contributed by atoms with Crippen molar-refractivity contribution in [3.63, 3.8) is 0 Å². The Morgan fingerprint density at radius 1 is 1.05 bits per heavy atom. The van der Waals surface area contributed by atoms with Crippen molar-refractivity contribution in [1.29, 1.82) is 0 Å². The zero-order chi connectivity index (χ0) is 15.7. The minimum Gasteiger partial charge on any atom is -0.416 e. The molecule has 0 aliphatic rings. The number of halogens is 1. The molecule has 3 rings (SSSR count). The fourth-order valence-electron chi connectivity index (χ4n) is 2.04. The topological polar surface area (TPSA) is 82.1 Å². The number of rotatable bonds is 3. The standard InChI is InChI=1S/C15H10BrN3O3/c1-9-8-11(4-7-13(9)19(20)21)15-18-17-14(22-15)10-2-5-12(16)6-3-10/h2-8H,1H3. The van der Waals surface area contributed by atoms with Crippen LogP contribution in [0.1, 0.15) is 5.56 Å². The molecule has 0 spiro atoms. The molecule has 0 N–H and O–H groups in total. The SMILES string of the molecule is Cc1cc(-c2nnc(-c3ccc(Br)cc3)o2)ccc1[N+](=O)[O-]. The van der Waals surface area contributed by atoms with Crippen LogP contribution in [0.4, 0.5) is 5.69 Å². The zero-order valence-corrected chi connectivity index (χ0v) is 13.1. The van der Waals surface area contributed by atoms with Crippen LogP contribution in [0.2, 0.25) is 0 Å². The van der Waals surface area contributed by atoms with E-state index in [0.717, 1.165) is 10.0 Å². The predicted octanol–water partition coefficient (Wildman–Crippen LogP) is 4.38. The first-order chi connectivity index (χ1) is 10.5. The lowest BCUT2D eigenvalue weighted by atomic mass is 10.1. The highest BCUT2D eigenvalue weighted by Crippen LogP contribution is 2.28. The van der Waals surface area contributed by atoms with E-state index in [0.29, 0.717) is 22.9 Å². The van der Waals surface area contributed by atoms with Crippen LogP contribution >= 0.6 is 15.9 Å². The molecule has 0 aliphatic heterocycles. The summed E-state index contributed by atoms with van der Waals surface area (Å²) in [6.45, 7) is 1.67. The fourth-order valence-corrected chi connectivity index (χ4v) is 2.31. The molecule has 1 aromatic heterocycles. The van der Waals surface area contributed by atoms with Crippen molar-refractivity contribution in [2.45, 2.75) is 6.92 Å². The van der Waals surface area contributed by atoms with Crippen molar-refractivity contribution in [2.24, 2.45) is 0 Å². The summed E-state index contributed by atoms with van der Waals surface area (Å²) in [5.74, 6) is 0.731. The molecule has 2 aromatic carbocycles. The first-order valence-electron chi connectivity index (χ1n) is 6.39. The summed E-state index contributed by atoms with van der Waals surface area (Å²) in [5, 5.41) is 18.9. The highest BCUT2D eigenvalue weighted by atomic mass is 79.9. The van der Waals surface area contributed by atoms with E-state index in [4.69, 9.17) is 4.42 Å². The fraction of sp³-hybridized carbons (Fsp3) is 0.0667. The van der Waals surface area contributed by atoms with E-state index in [9.17, 15) is 10.1 Å². The quantitative estimate of drug-likeness (QED) is 0.511. The molecule has 0 saturated heterocycles. The van der Waals surface area contributed by atoms with E-state index >= 15 is 0 Å². The average Bonchev–Trinajstić information content (AvgIpc) is 2.97. The number of aryl methyl sites for hydroxylation is 1. The van der Waals surface area contributed by atoms with Crippen molar-refractivity contribution in [3.8, 4) is 22.9 Å². The molecule has 3 aromatic rings. The van der Waals surface area contributed by atoms with Crippen LogP contribution in [0, 0.1) is 17.0 Å². The zero-order valence-electron chi connectivity index (χ0n) is 11.5. The molecule has 1 heterocycles. The molecule has 0 fully saturated rings. The van der Waals surface area contributed by atoms with Gasteiger partial charge in [0.05, 0.1) is 4.92 Å². The van der Waals surface area contributed by atoms with Crippen molar-refractivity contribution < 1.29 is 9.34 Å². The van der Waals surface area contributed by atoms with Gasteiger partial charge in [0.1, 0.15) is 0 Å². The molecule has 0 saturated carbocycles. The Bertz CT molecular complexity index is 843. The third-order valence-electron chi connectivity index (χ3n) is 3.16. The summed E-state index contributed by atoms with van der Waals surface area (Å²) in [7, 11) is 0. The number of hydrogen-bond donors (Lipinski definition) is 0. The van der Waals surface area contributed by atoms with Crippen LogP contribution in [0.3, 0.4) is 0 Å². The van der Waals surface area contributed by atoms with Crippen LogP contribution in [0.25, 0.3) is 22.9 Å². The largest absolute Gasteiger partial charge is 0.416 e. The van der Waals surface area contributed by atoms with Gasteiger partial charge < -0.3 is 4.42 Å². The lowest BCUT2D eigenvalue weighted by Crippen LogP contribution is -1.91. The van der Waals surface area contributed by atoms with Gasteiger partial charge in [0.25, 0.3) is 5.69 Å². The minimum absolute atomic E-state index is 0.0661. The van der Waals surface area contributed by atoms with E-state index < -0.39 is 4.92 Å². The van der Waals surface area contributed by atoms with E-state index in [1.807, 2.05) is 24.3 Å². The van der Waals surface area contributed by atoms with Gasteiger partial charge in [-0.1, -0.05) is 15.9 Å². The van der Waals surface area contributed by atoms with Gasteiger partial charge in [-0.05, 0) is 43.3 Å². The second-order valence-electron chi connectivity index (χ2n) is 4.68. The van der Waals surface area contributed by atoms with E-state index in [1.165, 1.54) is 6.07 Å². The number of aromatic nitrogens is 2. The smallest absolute Gasteiger partial charge is 0.272 e. The molecule has 0 unspecified atom stereocenters. The van der Waals surface area contributed by atoms with Gasteiger partial charge in [0.2, 0.25) is 11.8 Å². The number of nitro groups is 1. The van der Waals surface area contributed by atoms with Crippen LogP contribution in [-0.4, -0.2) is 15.1 Å². The molecule has 0 radical (unpaired) electrons. The first kappa shape index (κ1) is 14.4. The Morgan fingerprint density at radius 3 is 2.23 bits per heavy atom. The van der Waals surface area contributed by atoms with Crippen molar-refractivity contribution in [1.82, 2.24) is 10.2 Å². The molecular formula is C15H10BrN3O3. The molecule has 6 nitrogen and oxygen atoms in total. The summed E-state index contributed by atoms with van der Waals surface area (Å²) in [6, 6.07) is 12.2. The van der Waals surface area contributed by atoms with E-state index in [1.54, 1.807) is 19.1 Å². The Hall–Kier alpha value is -2.54. The van der Waals surface area contributed by atoms with Crippen LogP contribution < -0.4 is 0 Å². The van der Waals surface area contributed by atoms with E-state index in [2.05, 4.69) is 26.1 Å². The Kier molecular flexibility index (Phi) is 3.72. The number of benzene rings is 2. The normalized spacial score (nSPS) is 10.6. The van der Waals surface area contributed by atoms with Crippen LogP contribution in [0.15, 0.2) is 51.4 Å². The molecule has 22 heavy (non-hydrogen) atoms. The lowest BCUT2D eigenvalue weighted by molar-refractivity contribution is -0.385. The van der Waals surface area contributed by atoms with Gasteiger partial charge in [-0.3, -0.25) is 10.1 Å². The number of nitrogens with zero attached hydrogens (tertiary/aromatic N) is 3. The maximum Gasteiger partial charge on any atom is 0.272 e. The van der Waals surface area contributed by atoms with Gasteiger partial charge in [-0.25, -0.2) is 0 Å². The summed E-state index contributed by atoms with van der Waals surface area (Å²) in [5.41, 5.74) is 2.07. The lowest BCUT2D eigenvalue weighted by Gasteiger charge is -1.99. The third kappa shape index (κ3) is 2.75. The molecule has 7 heteroatoms. The maximum absolute atomic E-state index is 10.8. The molecule has 0 amide bonds. The molecular weight excluding hydrogens is 350 g/mol. The van der Waals surface area contributed by atoms with E-state index in [-0.39, 0.29) is 5.69 Å². The summed E-state index contributed by atoms with van der Waals surface area (Å²) >= 11 is 3.36. The molecule has 0 aliphatic carbocycles. The van der Waals surface area contributed by atoms with Crippen molar-refractivity contribution in [2.75, 3.05) is 0 Å². The van der Waals surface area contributed by atoms with Crippen LogP contribution in [0.5, 0.6) is 0 Å². The second-order valence-corrected chi connectivity index (χ2v) is 5.59. The first-order valence-corrected chi connectivity index (χ1v) is 7.19. The summed E-state index contributed by atoms with van der Waals surface area (Å²) in [4.78, 5) is 10.4. The van der Waals surface area contributed by atoms with Gasteiger partial charge in [0.15, 0.2) is 0 Å². The number of hydrogen-bond acceptors (Lipinski definition) is 5. The highest BCUT2D eigenvalue weighted by molar-refractivity contribution is 9.10. The van der Waals surface area contributed by atoms with Crippen LogP contribution in [-0.2, 0) is 0 Å². The predicted molar refractivity (Wildman–Crippen MR) is 84.3 cm³/mol.